The molecule has 1 heterocycles. The van der Waals surface area contributed by atoms with E-state index in [2.05, 4.69) is 22.7 Å². The second kappa shape index (κ2) is 5.55. The van der Waals surface area contributed by atoms with Crippen LogP contribution in [0.25, 0.3) is 10.2 Å². The molecule has 1 aromatic heterocycles. The molecule has 5 heteroatoms. The number of amides is 1. The first-order chi connectivity index (χ1) is 8.77. The Labute approximate surface area is 109 Å². The van der Waals surface area contributed by atoms with Crippen LogP contribution in [0.2, 0.25) is 0 Å². The molecule has 0 unspecified atom stereocenters. The quantitative estimate of drug-likeness (QED) is 0.775. The van der Waals surface area contributed by atoms with Gasteiger partial charge in [0.1, 0.15) is 5.52 Å². The fraction of sp³-hybridized carbons (Fsp3) is 0.154. The Kier molecular flexibility index (Phi) is 3.84. The number of nitrogens with zero attached hydrogens (tertiary/aromatic N) is 3. The van der Waals surface area contributed by atoms with Crippen molar-refractivity contribution in [1.82, 2.24) is 14.5 Å². The summed E-state index contributed by atoms with van der Waals surface area (Å²) in [6.45, 7) is 8.31. The topological polar surface area (TPSA) is 46.1 Å². The molecule has 0 bridgehead atoms. The van der Waals surface area contributed by atoms with Gasteiger partial charge in [-0.05, 0) is 23.7 Å². The Morgan fingerprint density at radius 2 is 2.06 bits per heavy atom. The second-order valence-corrected chi connectivity index (χ2v) is 4.47. The molecule has 1 amide bonds. The Morgan fingerprint density at radius 3 is 2.72 bits per heavy atom. The van der Waals surface area contributed by atoms with E-state index in [1.54, 1.807) is 23.1 Å². The van der Waals surface area contributed by atoms with E-state index in [0.717, 1.165) is 10.2 Å². The minimum absolute atomic E-state index is 0.0496. The third-order valence-corrected chi connectivity index (χ3v) is 3.27. The van der Waals surface area contributed by atoms with Crippen molar-refractivity contribution in [3.05, 3.63) is 49.1 Å². The minimum atomic E-state index is -0.0496. The predicted octanol–water partition coefficient (Wildman–Crippen LogP) is 2.51. The van der Waals surface area contributed by atoms with Crippen LogP contribution in [-0.2, 0) is 0 Å². The van der Waals surface area contributed by atoms with E-state index in [4.69, 9.17) is 0 Å². The summed E-state index contributed by atoms with van der Waals surface area (Å²) in [4.78, 5) is 14.1. The normalized spacial score (nSPS) is 10.2. The van der Waals surface area contributed by atoms with Gasteiger partial charge < -0.3 is 4.90 Å². The second-order valence-electron chi connectivity index (χ2n) is 3.71. The lowest BCUT2D eigenvalue weighted by molar-refractivity contribution is 0.0793. The highest BCUT2D eigenvalue weighted by Crippen LogP contribution is 2.21. The van der Waals surface area contributed by atoms with Crippen molar-refractivity contribution in [3.63, 3.8) is 0 Å². The third kappa shape index (κ3) is 2.31. The van der Waals surface area contributed by atoms with Crippen molar-refractivity contribution in [1.29, 1.82) is 0 Å². The summed E-state index contributed by atoms with van der Waals surface area (Å²) in [5.41, 5.74) is 1.38. The summed E-state index contributed by atoms with van der Waals surface area (Å²) in [7, 11) is 0. The number of benzene rings is 1. The van der Waals surface area contributed by atoms with Crippen LogP contribution in [0.1, 0.15) is 10.4 Å². The molecule has 0 aliphatic heterocycles. The zero-order valence-corrected chi connectivity index (χ0v) is 10.7. The monoisotopic (exact) mass is 259 g/mol. The van der Waals surface area contributed by atoms with Gasteiger partial charge in [0.15, 0.2) is 0 Å². The maximum Gasteiger partial charge on any atom is 0.255 e. The number of hydrogen-bond donors (Lipinski definition) is 0. The van der Waals surface area contributed by atoms with Crippen molar-refractivity contribution in [2.75, 3.05) is 13.1 Å². The van der Waals surface area contributed by atoms with E-state index in [9.17, 15) is 4.79 Å². The van der Waals surface area contributed by atoms with Crippen molar-refractivity contribution < 1.29 is 4.79 Å². The molecule has 4 nitrogen and oxygen atoms in total. The molecule has 0 spiro atoms. The molecule has 1 aromatic carbocycles. The van der Waals surface area contributed by atoms with E-state index >= 15 is 0 Å². The molecule has 2 rings (SSSR count). The number of carbonyl (C=O) groups excluding carboxylic acids is 1. The summed E-state index contributed by atoms with van der Waals surface area (Å²) in [6, 6.07) is 5.46. The number of rotatable bonds is 5. The first-order valence-electron chi connectivity index (χ1n) is 5.50. The number of fused-ring (bicyclic) bond motifs is 1. The molecule has 18 heavy (non-hydrogen) atoms. The lowest BCUT2D eigenvalue weighted by Crippen LogP contribution is -2.31. The standard InChI is InChI=1S/C13H13N3OS/c1-3-8-16(9-4-2)13(17)10-6-5-7-11-12(10)18-15-14-11/h3-7H,1-2,8-9H2. The van der Waals surface area contributed by atoms with E-state index in [1.807, 2.05) is 12.1 Å². The van der Waals surface area contributed by atoms with Gasteiger partial charge in [0, 0.05) is 13.1 Å². The van der Waals surface area contributed by atoms with Gasteiger partial charge in [-0.2, -0.15) is 0 Å². The average molecular weight is 259 g/mol. The molecule has 0 aliphatic carbocycles. The van der Waals surface area contributed by atoms with E-state index in [-0.39, 0.29) is 5.91 Å². The van der Waals surface area contributed by atoms with Crippen LogP contribution in [0.15, 0.2) is 43.5 Å². The average Bonchev–Trinajstić information content (AvgIpc) is 2.85. The summed E-state index contributed by atoms with van der Waals surface area (Å²) < 4.78 is 4.70. The Morgan fingerprint density at radius 1 is 1.33 bits per heavy atom. The van der Waals surface area contributed by atoms with Crippen molar-refractivity contribution >= 4 is 27.7 Å². The Balaban J connectivity index is 2.39. The van der Waals surface area contributed by atoms with E-state index in [0.29, 0.717) is 18.7 Å². The molecule has 0 fully saturated rings. The number of carbonyl (C=O) groups is 1. The Bertz CT molecular complexity index is 581. The van der Waals surface area contributed by atoms with Gasteiger partial charge in [-0.3, -0.25) is 4.79 Å². The zero-order valence-electron chi connectivity index (χ0n) is 9.87. The van der Waals surface area contributed by atoms with Crippen LogP contribution in [0.3, 0.4) is 0 Å². The van der Waals surface area contributed by atoms with Crippen molar-refractivity contribution in [2.24, 2.45) is 0 Å². The van der Waals surface area contributed by atoms with Gasteiger partial charge in [-0.25, -0.2) is 0 Å². The molecular formula is C13H13N3OS. The van der Waals surface area contributed by atoms with E-state index < -0.39 is 0 Å². The van der Waals surface area contributed by atoms with Crippen LogP contribution in [0.4, 0.5) is 0 Å². The molecule has 0 N–H and O–H groups in total. The van der Waals surface area contributed by atoms with Gasteiger partial charge in [0.25, 0.3) is 5.91 Å². The maximum absolute atomic E-state index is 12.4. The molecule has 2 aromatic rings. The highest BCUT2D eigenvalue weighted by atomic mass is 32.1. The van der Waals surface area contributed by atoms with Crippen molar-refractivity contribution in [2.45, 2.75) is 0 Å². The fourth-order valence-corrected chi connectivity index (χ4v) is 2.36. The van der Waals surface area contributed by atoms with Crippen LogP contribution in [0, 0.1) is 0 Å². The van der Waals surface area contributed by atoms with Crippen LogP contribution in [0.5, 0.6) is 0 Å². The number of aromatic nitrogens is 2. The van der Waals surface area contributed by atoms with Crippen LogP contribution in [-0.4, -0.2) is 33.5 Å². The lowest BCUT2D eigenvalue weighted by Gasteiger charge is -2.19. The molecule has 0 saturated carbocycles. The van der Waals surface area contributed by atoms with Crippen LogP contribution >= 0.6 is 11.5 Å². The van der Waals surface area contributed by atoms with E-state index in [1.165, 1.54) is 11.5 Å². The van der Waals surface area contributed by atoms with Crippen molar-refractivity contribution in [3.8, 4) is 0 Å². The smallest absolute Gasteiger partial charge is 0.255 e. The Hall–Kier alpha value is -2.01. The highest BCUT2D eigenvalue weighted by Gasteiger charge is 2.17. The highest BCUT2D eigenvalue weighted by molar-refractivity contribution is 7.13. The van der Waals surface area contributed by atoms with Gasteiger partial charge >= 0.3 is 0 Å². The molecule has 0 atom stereocenters. The molecule has 0 saturated heterocycles. The van der Waals surface area contributed by atoms with Gasteiger partial charge in [-0.15, -0.1) is 18.3 Å². The fourth-order valence-electron chi connectivity index (χ4n) is 1.70. The summed E-state index contributed by atoms with van der Waals surface area (Å²) in [6.07, 6.45) is 3.40. The molecule has 0 aliphatic rings. The van der Waals surface area contributed by atoms with Gasteiger partial charge in [0.05, 0.1) is 10.3 Å². The minimum Gasteiger partial charge on any atom is -0.331 e. The van der Waals surface area contributed by atoms with Gasteiger partial charge in [0.2, 0.25) is 0 Å². The lowest BCUT2D eigenvalue weighted by atomic mass is 10.2. The van der Waals surface area contributed by atoms with Crippen LogP contribution < -0.4 is 0 Å². The summed E-state index contributed by atoms with van der Waals surface area (Å²) >= 11 is 1.24. The van der Waals surface area contributed by atoms with Gasteiger partial charge in [-0.1, -0.05) is 22.7 Å². The largest absolute Gasteiger partial charge is 0.331 e. The predicted molar refractivity (Wildman–Crippen MR) is 73.7 cm³/mol. The number of hydrogen-bond acceptors (Lipinski definition) is 4. The zero-order chi connectivity index (χ0) is 13.0. The SMILES string of the molecule is C=CCN(CC=C)C(=O)c1cccc2nnsc12. The third-order valence-electron chi connectivity index (χ3n) is 2.49. The molecule has 92 valence electrons. The molecule has 0 radical (unpaired) electrons. The first kappa shape index (κ1) is 12.4. The summed E-state index contributed by atoms with van der Waals surface area (Å²) in [5, 5.41) is 3.97. The molecular weight excluding hydrogens is 246 g/mol. The first-order valence-corrected chi connectivity index (χ1v) is 6.27. The maximum atomic E-state index is 12.4. The summed E-state index contributed by atoms with van der Waals surface area (Å²) in [5.74, 6) is -0.0496.